The molecule has 0 amide bonds. The molecule has 0 atom stereocenters. The van der Waals surface area contributed by atoms with Gasteiger partial charge in [-0.1, -0.05) is 0 Å². The van der Waals surface area contributed by atoms with E-state index in [0.29, 0.717) is 0 Å². The Morgan fingerprint density at radius 1 is 1.43 bits per heavy atom. The van der Waals surface area contributed by atoms with Gasteiger partial charge >= 0.3 is 67.3 Å². The van der Waals surface area contributed by atoms with Gasteiger partial charge in [0.1, 0.15) is 0 Å². The number of hydrogen-bond donors (Lipinski definition) is 1. The number of rotatable bonds is 0. The van der Waals surface area contributed by atoms with E-state index in [1.807, 2.05) is 0 Å². The number of halogens is 1. The maximum atomic E-state index is 7.57. The van der Waals surface area contributed by atoms with Gasteiger partial charge in [-0.05, 0) is 6.92 Å². The molecule has 3 N–H and O–H groups in total. The molecule has 0 bridgehead atoms. The molecule has 2 nitrogen and oxygen atoms in total. The Morgan fingerprint density at radius 3 is 1.43 bits per heavy atom. The Bertz CT molecular complexity index is 15.7. The van der Waals surface area contributed by atoms with Gasteiger partial charge in [0.2, 0.25) is 0 Å². The molecular weight excluding hydrogens is 155 g/mol. The zero-order valence-corrected chi connectivity index (χ0v) is 3.88. The standard InChI is InChI=1S/C2H6O.Ca.ClH.Na.H2O.3H/c1-2-3;;;;;;;/h3H,2H2,1H3;;1H;;1H2;;;. The monoisotopic (exact) mass is 166 g/mol. The Morgan fingerprint density at radius 2 is 1.43 bits per heavy atom. The van der Waals surface area contributed by atoms with E-state index >= 15 is 0 Å². The summed E-state index contributed by atoms with van der Waals surface area (Å²) in [6.07, 6.45) is 0. The van der Waals surface area contributed by atoms with Crippen LogP contribution in [-0.4, -0.2) is 84.5 Å². The van der Waals surface area contributed by atoms with Crippen LogP contribution in [0.3, 0.4) is 0 Å². The van der Waals surface area contributed by atoms with E-state index in [-0.39, 0.29) is 91.8 Å². The van der Waals surface area contributed by atoms with Gasteiger partial charge in [-0.25, -0.2) is 0 Å². The molecule has 0 saturated heterocycles. The van der Waals surface area contributed by atoms with Crippen LogP contribution in [0, 0.1) is 0 Å². The number of aliphatic hydroxyl groups is 1. The first-order valence-corrected chi connectivity index (χ1v) is 1.02. The molecule has 0 aliphatic heterocycles. The SMILES string of the molecule is CCO.Cl.O.[CaH2].[NaH]. The minimum atomic E-state index is 0. The van der Waals surface area contributed by atoms with E-state index < -0.39 is 0 Å². The zero-order chi connectivity index (χ0) is 2.71. The number of hydrogen-bond acceptors (Lipinski definition) is 1. The topological polar surface area (TPSA) is 51.7 Å². The van der Waals surface area contributed by atoms with Gasteiger partial charge in [0.05, 0.1) is 0 Å². The molecule has 0 aromatic carbocycles. The Labute approximate surface area is 102 Å². The van der Waals surface area contributed by atoms with Crippen LogP contribution >= 0.6 is 12.4 Å². The van der Waals surface area contributed by atoms with Crippen molar-refractivity contribution in [3.63, 3.8) is 0 Å². The molecule has 0 unspecified atom stereocenters. The zero-order valence-electron chi connectivity index (χ0n) is 3.06. The van der Waals surface area contributed by atoms with Gasteiger partial charge in [0.15, 0.2) is 0 Å². The summed E-state index contributed by atoms with van der Waals surface area (Å²) in [7, 11) is 0. The summed E-state index contributed by atoms with van der Waals surface area (Å²) in [6, 6.07) is 0. The normalized spacial score (nSPS) is 2.57. The third kappa shape index (κ3) is 58.1. The van der Waals surface area contributed by atoms with Crippen LogP contribution in [0.4, 0.5) is 0 Å². The van der Waals surface area contributed by atoms with E-state index in [4.69, 9.17) is 5.11 Å². The second-order valence-corrected chi connectivity index (χ2v) is 0.316. The summed E-state index contributed by atoms with van der Waals surface area (Å²) >= 11 is 0. The quantitative estimate of drug-likeness (QED) is 0.417. The average molecular weight is 167 g/mol. The van der Waals surface area contributed by atoms with Gasteiger partial charge in [0, 0.05) is 6.61 Å². The summed E-state index contributed by atoms with van der Waals surface area (Å²) in [4.78, 5) is 0. The molecule has 5 heteroatoms. The third-order valence-electron chi connectivity index (χ3n) is 0. The van der Waals surface area contributed by atoms with Crippen LogP contribution in [-0.2, 0) is 0 Å². The molecule has 7 heavy (non-hydrogen) atoms. The van der Waals surface area contributed by atoms with Crippen molar-refractivity contribution in [2.24, 2.45) is 0 Å². The van der Waals surface area contributed by atoms with Crippen molar-refractivity contribution in [1.29, 1.82) is 0 Å². The molecule has 0 aliphatic rings. The molecule has 0 aromatic rings. The van der Waals surface area contributed by atoms with Crippen LogP contribution in [0.25, 0.3) is 0 Å². The van der Waals surface area contributed by atoms with Gasteiger partial charge in [-0.15, -0.1) is 12.4 Å². The van der Waals surface area contributed by atoms with Gasteiger partial charge in [0.25, 0.3) is 0 Å². The summed E-state index contributed by atoms with van der Waals surface area (Å²) in [5.74, 6) is 0. The van der Waals surface area contributed by atoms with Gasteiger partial charge in [-0.2, -0.15) is 0 Å². The second kappa shape index (κ2) is 39.3. The summed E-state index contributed by atoms with van der Waals surface area (Å²) in [5, 5.41) is 7.57. The van der Waals surface area contributed by atoms with Crippen molar-refractivity contribution in [2.45, 2.75) is 6.92 Å². The molecule has 0 rings (SSSR count). The fraction of sp³-hybridized carbons (Fsp3) is 1.00. The fourth-order valence-corrected chi connectivity index (χ4v) is 0. The molecule has 0 heterocycles. The molecule has 0 aromatic heterocycles. The first-order chi connectivity index (χ1) is 1.41. The molecule has 0 saturated carbocycles. The predicted octanol–water partition coefficient (Wildman–Crippen LogP) is -1.97. The van der Waals surface area contributed by atoms with Crippen molar-refractivity contribution in [1.82, 2.24) is 0 Å². The molecule has 0 spiro atoms. The molecular formula is C2H12CaClNaO2. The van der Waals surface area contributed by atoms with Crippen molar-refractivity contribution in [3.05, 3.63) is 0 Å². The van der Waals surface area contributed by atoms with Crippen LogP contribution in [0.2, 0.25) is 0 Å². The van der Waals surface area contributed by atoms with Crippen LogP contribution in [0.5, 0.6) is 0 Å². The Balaban J connectivity index is -0.00000000333. The number of aliphatic hydroxyl groups excluding tert-OH is 1. The van der Waals surface area contributed by atoms with Crippen molar-refractivity contribution >= 4 is 79.7 Å². The minimum absolute atomic E-state index is 0. The van der Waals surface area contributed by atoms with Crippen LogP contribution < -0.4 is 0 Å². The third-order valence-corrected chi connectivity index (χ3v) is 0. The van der Waals surface area contributed by atoms with E-state index in [0.717, 1.165) is 0 Å². The van der Waals surface area contributed by atoms with Gasteiger partial charge < -0.3 is 10.6 Å². The second-order valence-electron chi connectivity index (χ2n) is 0.316. The van der Waals surface area contributed by atoms with Gasteiger partial charge in [-0.3, -0.25) is 0 Å². The average Bonchev–Trinajstić information content (AvgIpc) is 0.918. The van der Waals surface area contributed by atoms with Crippen molar-refractivity contribution in [3.8, 4) is 0 Å². The molecule has 0 fully saturated rings. The Kier molecular flexibility index (Phi) is 191. The van der Waals surface area contributed by atoms with E-state index in [9.17, 15) is 0 Å². The first-order valence-electron chi connectivity index (χ1n) is 1.02. The Hall–Kier alpha value is 2.47. The fourth-order valence-electron chi connectivity index (χ4n) is 0. The summed E-state index contributed by atoms with van der Waals surface area (Å²) in [5.41, 5.74) is 0. The van der Waals surface area contributed by atoms with Crippen LogP contribution in [0.15, 0.2) is 0 Å². The maximum absolute atomic E-state index is 7.57. The van der Waals surface area contributed by atoms with E-state index in [1.54, 1.807) is 6.92 Å². The van der Waals surface area contributed by atoms with Crippen molar-refractivity contribution in [2.75, 3.05) is 6.61 Å². The molecule has 0 radical (unpaired) electrons. The summed E-state index contributed by atoms with van der Waals surface area (Å²) < 4.78 is 0. The summed E-state index contributed by atoms with van der Waals surface area (Å²) in [6.45, 7) is 1.93. The predicted molar refractivity (Wildman–Crippen MR) is 39.3 cm³/mol. The van der Waals surface area contributed by atoms with Crippen molar-refractivity contribution < 1.29 is 10.6 Å². The van der Waals surface area contributed by atoms with E-state index in [1.165, 1.54) is 0 Å². The van der Waals surface area contributed by atoms with E-state index in [2.05, 4.69) is 0 Å². The molecule has 0 aliphatic carbocycles. The molecule has 42 valence electrons. The first kappa shape index (κ1) is 34.0. The van der Waals surface area contributed by atoms with Crippen LogP contribution in [0.1, 0.15) is 6.92 Å².